The summed E-state index contributed by atoms with van der Waals surface area (Å²) in [4.78, 5) is 0. The molecule has 0 aromatic heterocycles. The molecule has 0 fully saturated rings. The van der Waals surface area contributed by atoms with Gasteiger partial charge < -0.3 is 5.11 Å². The maximum Gasteiger partial charge on any atom is 0.0431 e. The molecule has 0 radical (unpaired) electrons. The minimum atomic E-state index is 0.358. The van der Waals surface area contributed by atoms with Gasteiger partial charge in [0.25, 0.3) is 0 Å². The van der Waals surface area contributed by atoms with Crippen molar-refractivity contribution < 1.29 is 5.11 Å². The molecular weight excluding hydrogens is 220 g/mol. The Morgan fingerprint density at radius 1 is 0.667 bits per heavy atom. The molecule has 0 amide bonds. The molecule has 0 bridgehead atoms. The zero-order chi connectivity index (χ0) is 13.3. The molecule has 0 heterocycles. The van der Waals surface area contributed by atoms with E-state index in [2.05, 4.69) is 31.2 Å². The normalized spacial score (nSPS) is 11.9. The zero-order valence-corrected chi connectivity index (χ0v) is 12.2. The van der Waals surface area contributed by atoms with Gasteiger partial charge in [0.1, 0.15) is 0 Å². The third-order valence-electron chi connectivity index (χ3n) is 3.14. The van der Waals surface area contributed by atoms with Crippen molar-refractivity contribution in [2.45, 2.75) is 77.6 Å². The minimum Gasteiger partial charge on any atom is -0.396 e. The van der Waals surface area contributed by atoms with Crippen LogP contribution in [0.2, 0.25) is 0 Å². The number of hydrogen-bond acceptors (Lipinski definition) is 1. The van der Waals surface area contributed by atoms with Crippen LogP contribution in [0.1, 0.15) is 77.6 Å². The molecule has 0 aliphatic carbocycles. The average Bonchev–Trinajstić information content (AvgIpc) is 2.39. The van der Waals surface area contributed by atoms with Gasteiger partial charge in [-0.1, -0.05) is 76.2 Å². The van der Waals surface area contributed by atoms with E-state index in [-0.39, 0.29) is 0 Å². The molecule has 0 saturated heterocycles. The number of aliphatic hydroxyl groups excluding tert-OH is 1. The second kappa shape index (κ2) is 16.4. The average molecular weight is 252 g/mol. The first-order chi connectivity index (χ1) is 8.91. The van der Waals surface area contributed by atoms with Crippen LogP contribution in [0.25, 0.3) is 0 Å². The van der Waals surface area contributed by atoms with Crippen LogP contribution in [0.15, 0.2) is 24.3 Å². The molecule has 0 aliphatic rings. The number of allylic oxidation sites excluding steroid dienone is 4. The van der Waals surface area contributed by atoms with E-state index in [0.29, 0.717) is 6.61 Å². The van der Waals surface area contributed by atoms with Crippen molar-refractivity contribution in [3.05, 3.63) is 24.3 Å². The maximum absolute atomic E-state index is 8.64. The van der Waals surface area contributed by atoms with Crippen molar-refractivity contribution in [1.82, 2.24) is 0 Å². The molecule has 1 N–H and O–H groups in total. The van der Waals surface area contributed by atoms with E-state index in [9.17, 15) is 0 Å². The molecule has 0 aromatic carbocycles. The molecule has 0 unspecified atom stereocenters. The first kappa shape index (κ1) is 17.4. The zero-order valence-electron chi connectivity index (χ0n) is 12.2. The summed E-state index contributed by atoms with van der Waals surface area (Å²) in [5, 5.41) is 8.64. The molecule has 0 aliphatic heterocycles. The third-order valence-corrected chi connectivity index (χ3v) is 3.14. The van der Waals surface area contributed by atoms with E-state index >= 15 is 0 Å². The maximum atomic E-state index is 8.64. The lowest BCUT2D eigenvalue weighted by molar-refractivity contribution is 0.282. The van der Waals surface area contributed by atoms with E-state index in [0.717, 1.165) is 6.42 Å². The molecule has 0 aromatic rings. The van der Waals surface area contributed by atoms with Crippen molar-refractivity contribution in [1.29, 1.82) is 0 Å². The summed E-state index contributed by atoms with van der Waals surface area (Å²) < 4.78 is 0. The summed E-state index contributed by atoms with van der Waals surface area (Å²) in [5.74, 6) is 0. The molecule has 1 nitrogen and oxygen atoms in total. The number of rotatable bonds is 13. The van der Waals surface area contributed by atoms with E-state index in [4.69, 9.17) is 5.11 Å². The Morgan fingerprint density at radius 3 is 1.72 bits per heavy atom. The SMILES string of the molecule is CCCC/C=C\C=C\CCCCCCCCCO. The summed E-state index contributed by atoms with van der Waals surface area (Å²) in [5.41, 5.74) is 0. The predicted molar refractivity (Wildman–Crippen MR) is 81.8 cm³/mol. The van der Waals surface area contributed by atoms with Gasteiger partial charge in [0, 0.05) is 6.61 Å². The summed E-state index contributed by atoms with van der Waals surface area (Å²) in [6.07, 6.45) is 22.8. The van der Waals surface area contributed by atoms with Crippen molar-refractivity contribution in [2.75, 3.05) is 6.61 Å². The Morgan fingerprint density at radius 2 is 1.17 bits per heavy atom. The lowest BCUT2D eigenvalue weighted by atomic mass is 10.1. The fourth-order valence-electron chi connectivity index (χ4n) is 1.93. The van der Waals surface area contributed by atoms with Crippen LogP contribution in [0.4, 0.5) is 0 Å². The van der Waals surface area contributed by atoms with Gasteiger partial charge in [-0.05, 0) is 25.7 Å². The smallest absolute Gasteiger partial charge is 0.0431 e. The lowest BCUT2D eigenvalue weighted by Crippen LogP contribution is -1.83. The van der Waals surface area contributed by atoms with E-state index in [1.807, 2.05) is 0 Å². The molecular formula is C17H32O. The van der Waals surface area contributed by atoms with Gasteiger partial charge in [-0.2, -0.15) is 0 Å². The summed E-state index contributed by atoms with van der Waals surface area (Å²) >= 11 is 0. The van der Waals surface area contributed by atoms with Crippen LogP contribution in [0.3, 0.4) is 0 Å². The van der Waals surface area contributed by atoms with Crippen LogP contribution < -0.4 is 0 Å². The van der Waals surface area contributed by atoms with Crippen molar-refractivity contribution >= 4 is 0 Å². The highest BCUT2D eigenvalue weighted by Crippen LogP contribution is 2.08. The van der Waals surface area contributed by atoms with E-state index in [1.165, 1.54) is 64.2 Å². The monoisotopic (exact) mass is 252 g/mol. The second-order valence-electron chi connectivity index (χ2n) is 4.99. The fraction of sp³-hybridized carbons (Fsp3) is 0.765. The summed E-state index contributed by atoms with van der Waals surface area (Å²) in [7, 11) is 0. The van der Waals surface area contributed by atoms with Crippen LogP contribution in [-0.4, -0.2) is 11.7 Å². The van der Waals surface area contributed by atoms with Gasteiger partial charge in [0.15, 0.2) is 0 Å². The molecule has 0 rings (SSSR count). The highest BCUT2D eigenvalue weighted by atomic mass is 16.2. The largest absolute Gasteiger partial charge is 0.396 e. The number of unbranched alkanes of at least 4 members (excludes halogenated alkanes) is 9. The van der Waals surface area contributed by atoms with Gasteiger partial charge in [0.2, 0.25) is 0 Å². The van der Waals surface area contributed by atoms with Crippen molar-refractivity contribution in [3.8, 4) is 0 Å². The summed E-state index contributed by atoms with van der Waals surface area (Å²) in [6.45, 7) is 2.59. The fourth-order valence-corrected chi connectivity index (χ4v) is 1.93. The second-order valence-corrected chi connectivity index (χ2v) is 4.99. The van der Waals surface area contributed by atoms with Gasteiger partial charge in [0.05, 0.1) is 0 Å². The van der Waals surface area contributed by atoms with Gasteiger partial charge in [-0.3, -0.25) is 0 Å². The molecule has 18 heavy (non-hydrogen) atoms. The molecule has 0 saturated carbocycles. The Balaban J connectivity index is 3.10. The first-order valence-corrected chi connectivity index (χ1v) is 7.84. The summed E-state index contributed by atoms with van der Waals surface area (Å²) in [6, 6.07) is 0. The molecule has 106 valence electrons. The number of aliphatic hydroxyl groups is 1. The quantitative estimate of drug-likeness (QED) is 0.343. The minimum absolute atomic E-state index is 0.358. The van der Waals surface area contributed by atoms with Crippen LogP contribution in [0, 0.1) is 0 Å². The van der Waals surface area contributed by atoms with Gasteiger partial charge in [-0.25, -0.2) is 0 Å². The van der Waals surface area contributed by atoms with Gasteiger partial charge in [-0.15, -0.1) is 0 Å². The topological polar surface area (TPSA) is 20.2 Å². The first-order valence-electron chi connectivity index (χ1n) is 7.84. The van der Waals surface area contributed by atoms with Crippen molar-refractivity contribution in [3.63, 3.8) is 0 Å². The Labute approximate surface area is 114 Å². The van der Waals surface area contributed by atoms with Gasteiger partial charge >= 0.3 is 0 Å². The lowest BCUT2D eigenvalue weighted by Gasteiger charge is -1.99. The van der Waals surface area contributed by atoms with Crippen molar-refractivity contribution in [2.24, 2.45) is 0 Å². The van der Waals surface area contributed by atoms with E-state index in [1.54, 1.807) is 0 Å². The molecule has 0 spiro atoms. The highest BCUT2D eigenvalue weighted by molar-refractivity contribution is 5.02. The molecule has 1 heteroatoms. The van der Waals surface area contributed by atoms with Crippen LogP contribution in [0.5, 0.6) is 0 Å². The van der Waals surface area contributed by atoms with Crippen LogP contribution in [-0.2, 0) is 0 Å². The molecule has 0 atom stereocenters. The van der Waals surface area contributed by atoms with E-state index < -0.39 is 0 Å². The standard InChI is InChI=1S/C17H32O/c1-2-3-4-5-6-7-8-9-10-11-12-13-14-15-16-17-18/h5-8,18H,2-4,9-17H2,1H3/b6-5-,8-7+. The Kier molecular flexibility index (Phi) is 15.9. The predicted octanol–water partition coefficient (Wildman–Crippen LogP) is 5.40. The third kappa shape index (κ3) is 15.4. The Hall–Kier alpha value is -0.560. The Bertz CT molecular complexity index is 194. The van der Waals surface area contributed by atoms with Crippen LogP contribution >= 0.6 is 0 Å². The highest BCUT2D eigenvalue weighted by Gasteiger charge is 1.90. The number of hydrogen-bond donors (Lipinski definition) is 1.